The number of H-pyrrole nitrogens is 1. The van der Waals surface area contributed by atoms with E-state index in [9.17, 15) is 9.18 Å². The number of carboxylic acid groups (broad SMARTS) is 1. The number of halogens is 1. The molecule has 17 heavy (non-hydrogen) atoms. The Morgan fingerprint density at radius 3 is 2.88 bits per heavy atom. The maximum atomic E-state index is 13.5. The minimum Gasteiger partial charge on any atom is -0.480 e. The standard InChI is InChI=1S/C12H13FN2O2/c1-6-2-3-9(13)8-4-7(15-11(6)8)5-10(14)12(16)17/h2-4,10,15H,5,14H2,1H3,(H,16,17). The molecule has 0 spiro atoms. The molecule has 2 rings (SSSR count). The summed E-state index contributed by atoms with van der Waals surface area (Å²) in [6.45, 7) is 1.86. The molecule has 0 bridgehead atoms. The summed E-state index contributed by atoms with van der Waals surface area (Å²) in [5, 5.41) is 9.18. The number of nitrogens with two attached hydrogens (primary N) is 1. The van der Waals surface area contributed by atoms with E-state index in [2.05, 4.69) is 4.98 Å². The van der Waals surface area contributed by atoms with Crippen LogP contribution < -0.4 is 5.73 Å². The third kappa shape index (κ3) is 2.14. The zero-order valence-corrected chi connectivity index (χ0v) is 9.33. The van der Waals surface area contributed by atoms with Crippen molar-refractivity contribution in [2.24, 2.45) is 5.73 Å². The number of aromatic nitrogens is 1. The second-order valence-electron chi connectivity index (χ2n) is 4.10. The molecule has 1 unspecified atom stereocenters. The molecule has 1 aromatic heterocycles. The van der Waals surface area contributed by atoms with E-state index in [1.165, 1.54) is 6.07 Å². The van der Waals surface area contributed by atoms with Crippen LogP contribution in [0.5, 0.6) is 0 Å². The van der Waals surface area contributed by atoms with Crippen molar-refractivity contribution in [3.05, 3.63) is 35.3 Å². The Kier molecular flexibility index (Phi) is 2.85. The van der Waals surface area contributed by atoms with Crippen molar-refractivity contribution in [1.82, 2.24) is 4.98 Å². The number of rotatable bonds is 3. The molecule has 0 aliphatic carbocycles. The number of carbonyl (C=O) groups is 1. The van der Waals surface area contributed by atoms with Gasteiger partial charge >= 0.3 is 5.97 Å². The van der Waals surface area contributed by atoms with Crippen LogP contribution in [0.15, 0.2) is 18.2 Å². The molecule has 1 aromatic carbocycles. The highest BCUT2D eigenvalue weighted by atomic mass is 19.1. The minimum absolute atomic E-state index is 0.156. The Morgan fingerprint density at radius 1 is 1.59 bits per heavy atom. The number of benzene rings is 1. The van der Waals surface area contributed by atoms with Gasteiger partial charge in [0.25, 0.3) is 0 Å². The van der Waals surface area contributed by atoms with Crippen molar-refractivity contribution in [2.75, 3.05) is 0 Å². The van der Waals surface area contributed by atoms with Crippen molar-refractivity contribution >= 4 is 16.9 Å². The van der Waals surface area contributed by atoms with Crippen molar-refractivity contribution in [1.29, 1.82) is 0 Å². The normalized spacial score (nSPS) is 12.9. The van der Waals surface area contributed by atoms with Gasteiger partial charge in [0.15, 0.2) is 0 Å². The van der Waals surface area contributed by atoms with Crippen molar-refractivity contribution in [3.8, 4) is 0 Å². The molecular formula is C12H13FN2O2. The summed E-state index contributed by atoms with van der Waals surface area (Å²) >= 11 is 0. The molecule has 0 aliphatic rings. The molecule has 4 nitrogen and oxygen atoms in total. The number of aryl methyl sites for hydroxylation is 1. The highest BCUT2D eigenvalue weighted by Crippen LogP contribution is 2.22. The van der Waals surface area contributed by atoms with Crippen LogP contribution in [0.4, 0.5) is 4.39 Å². The Bertz CT molecular complexity index is 538. The van der Waals surface area contributed by atoms with E-state index in [-0.39, 0.29) is 12.2 Å². The van der Waals surface area contributed by atoms with Crippen LogP contribution in [0.25, 0.3) is 10.9 Å². The fourth-order valence-corrected chi connectivity index (χ4v) is 1.82. The fourth-order valence-electron chi connectivity index (χ4n) is 1.82. The first-order chi connectivity index (χ1) is 7.99. The van der Waals surface area contributed by atoms with Gasteiger partial charge in [-0.05, 0) is 24.6 Å². The molecule has 0 fully saturated rings. The van der Waals surface area contributed by atoms with Gasteiger partial charge in [0.1, 0.15) is 11.9 Å². The van der Waals surface area contributed by atoms with Crippen LogP contribution in [0.2, 0.25) is 0 Å². The van der Waals surface area contributed by atoms with Gasteiger partial charge in [-0.15, -0.1) is 0 Å². The summed E-state index contributed by atoms with van der Waals surface area (Å²) in [5.74, 6) is -1.39. The van der Waals surface area contributed by atoms with E-state index in [0.717, 1.165) is 5.56 Å². The van der Waals surface area contributed by atoms with Crippen LogP contribution in [0.1, 0.15) is 11.3 Å². The van der Waals surface area contributed by atoms with E-state index < -0.39 is 12.0 Å². The molecule has 5 heteroatoms. The SMILES string of the molecule is Cc1ccc(F)c2cc(CC(N)C(=O)O)[nH]c12. The zero-order valence-electron chi connectivity index (χ0n) is 9.33. The third-order valence-corrected chi connectivity index (χ3v) is 2.76. The average molecular weight is 236 g/mol. The van der Waals surface area contributed by atoms with Crippen LogP contribution in [-0.2, 0) is 11.2 Å². The summed E-state index contributed by atoms with van der Waals surface area (Å²) in [4.78, 5) is 13.6. The molecule has 4 N–H and O–H groups in total. The lowest BCUT2D eigenvalue weighted by Gasteiger charge is -2.03. The van der Waals surface area contributed by atoms with E-state index in [4.69, 9.17) is 10.8 Å². The Labute approximate surface area is 97.2 Å². The van der Waals surface area contributed by atoms with Gasteiger partial charge < -0.3 is 15.8 Å². The monoisotopic (exact) mass is 236 g/mol. The van der Waals surface area contributed by atoms with Gasteiger partial charge in [-0.3, -0.25) is 4.79 Å². The lowest BCUT2D eigenvalue weighted by Crippen LogP contribution is -2.32. The molecule has 0 saturated heterocycles. The van der Waals surface area contributed by atoms with Gasteiger partial charge in [-0.2, -0.15) is 0 Å². The van der Waals surface area contributed by atoms with Crippen LogP contribution >= 0.6 is 0 Å². The number of fused-ring (bicyclic) bond motifs is 1. The first-order valence-corrected chi connectivity index (χ1v) is 5.24. The molecule has 90 valence electrons. The van der Waals surface area contributed by atoms with E-state index in [1.54, 1.807) is 12.1 Å². The molecule has 0 aliphatic heterocycles. The lowest BCUT2D eigenvalue weighted by atomic mass is 10.1. The first-order valence-electron chi connectivity index (χ1n) is 5.24. The number of aromatic amines is 1. The summed E-state index contributed by atoms with van der Waals surface area (Å²) in [7, 11) is 0. The summed E-state index contributed by atoms with van der Waals surface area (Å²) < 4.78 is 13.5. The third-order valence-electron chi connectivity index (χ3n) is 2.76. The maximum Gasteiger partial charge on any atom is 0.320 e. The van der Waals surface area contributed by atoms with E-state index >= 15 is 0 Å². The van der Waals surface area contributed by atoms with Gasteiger partial charge in [0.05, 0.1) is 5.52 Å². The van der Waals surface area contributed by atoms with Crippen molar-refractivity contribution < 1.29 is 14.3 Å². The molecule has 2 aromatic rings. The lowest BCUT2D eigenvalue weighted by molar-refractivity contribution is -0.138. The minimum atomic E-state index is -1.07. The van der Waals surface area contributed by atoms with Crippen LogP contribution in [0.3, 0.4) is 0 Å². The number of nitrogens with one attached hydrogen (secondary N) is 1. The smallest absolute Gasteiger partial charge is 0.320 e. The maximum absolute atomic E-state index is 13.5. The number of hydrogen-bond donors (Lipinski definition) is 3. The Morgan fingerprint density at radius 2 is 2.29 bits per heavy atom. The van der Waals surface area contributed by atoms with Gasteiger partial charge in [0, 0.05) is 17.5 Å². The van der Waals surface area contributed by atoms with Crippen LogP contribution in [-0.4, -0.2) is 22.1 Å². The largest absolute Gasteiger partial charge is 0.480 e. The van der Waals surface area contributed by atoms with Crippen molar-refractivity contribution in [2.45, 2.75) is 19.4 Å². The summed E-state index contributed by atoms with van der Waals surface area (Å²) in [6, 6.07) is 3.70. The number of aliphatic carboxylic acids is 1. The van der Waals surface area contributed by atoms with Gasteiger partial charge in [-0.1, -0.05) is 6.07 Å². The first kappa shape index (κ1) is 11.6. The van der Waals surface area contributed by atoms with E-state index in [0.29, 0.717) is 16.6 Å². The predicted octanol–water partition coefficient (Wildman–Crippen LogP) is 1.57. The highest BCUT2D eigenvalue weighted by Gasteiger charge is 2.15. The second-order valence-corrected chi connectivity index (χ2v) is 4.10. The van der Waals surface area contributed by atoms with Gasteiger partial charge in [-0.25, -0.2) is 4.39 Å². The number of hydrogen-bond acceptors (Lipinski definition) is 2. The average Bonchev–Trinajstić information content (AvgIpc) is 2.68. The second kappa shape index (κ2) is 4.18. The quantitative estimate of drug-likeness (QED) is 0.756. The molecular weight excluding hydrogens is 223 g/mol. The Hall–Kier alpha value is -1.88. The summed E-state index contributed by atoms with van der Waals surface area (Å²) in [6.07, 6.45) is 0.156. The number of carboxylic acids is 1. The van der Waals surface area contributed by atoms with Gasteiger partial charge in [0.2, 0.25) is 0 Å². The Balaban J connectivity index is 2.41. The summed E-state index contributed by atoms with van der Waals surface area (Å²) in [5.41, 5.74) is 7.67. The van der Waals surface area contributed by atoms with Crippen LogP contribution in [0, 0.1) is 12.7 Å². The molecule has 0 saturated carbocycles. The van der Waals surface area contributed by atoms with E-state index in [1.807, 2.05) is 6.92 Å². The molecule has 1 heterocycles. The molecule has 0 amide bonds. The molecule has 0 radical (unpaired) electrons. The van der Waals surface area contributed by atoms with Crippen molar-refractivity contribution in [3.63, 3.8) is 0 Å². The fraction of sp³-hybridized carbons (Fsp3) is 0.250. The topological polar surface area (TPSA) is 79.1 Å². The molecule has 1 atom stereocenters. The highest BCUT2D eigenvalue weighted by molar-refractivity contribution is 5.84. The predicted molar refractivity (Wildman–Crippen MR) is 62.3 cm³/mol. The zero-order chi connectivity index (χ0) is 12.6.